The van der Waals surface area contributed by atoms with Gasteiger partial charge in [0.25, 0.3) is 0 Å². The molecule has 1 aromatic rings. The Morgan fingerprint density at radius 3 is 1.50 bits per heavy atom. The number of thioether (sulfide) groups is 2. The number of benzene rings is 1. The summed E-state index contributed by atoms with van der Waals surface area (Å²) in [5, 5.41) is 0. The fourth-order valence-electron chi connectivity index (χ4n) is 1.53. The van der Waals surface area contributed by atoms with Crippen molar-refractivity contribution in [1.82, 2.24) is 0 Å². The van der Waals surface area contributed by atoms with Crippen LogP contribution in [-0.2, 0) is 29.7 Å². The Morgan fingerprint density at radius 2 is 1.21 bits per heavy atom. The summed E-state index contributed by atoms with van der Waals surface area (Å²) in [5.41, 5.74) is 2.18. The molecule has 24 heavy (non-hydrogen) atoms. The zero-order chi connectivity index (χ0) is 17.9. The summed E-state index contributed by atoms with van der Waals surface area (Å²) in [6.45, 7) is 4.40. The van der Waals surface area contributed by atoms with Gasteiger partial charge >= 0.3 is 0 Å². The van der Waals surface area contributed by atoms with Gasteiger partial charge in [0, 0.05) is 11.5 Å². The normalized spacial score (nSPS) is 13.4. The van der Waals surface area contributed by atoms with Crippen molar-refractivity contribution in [2.24, 2.45) is 0 Å². The maximum absolute atomic E-state index is 11.6. The molecule has 0 N–H and O–H groups in total. The van der Waals surface area contributed by atoms with Crippen LogP contribution in [-0.4, -0.2) is 21.1 Å². The Bertz CT molecular complexity index is 554. The first kappa shape index (κ1) is 22.5. The number of rotatable bonds is 10. The molecule has 1 rings (SSSR count). The Labute approximate surface area is 163 Å². The summed E-state index contributed by atoms with van der Waals surface area (Å²) in [6, 6.07) is 7.99. The minimum absolute atomic E-state index is 0.405. The zero-order valence-electron chi connectivity index (χ0n) is 13.4. The van der Waals surface area contributed by atoms with Crippen LogP contribution < -0.4 is 0 Å². The van der Waals surface area contributed by atoms with E-state index < -0.39 is 16.1 Å². The topological polar surface area (TPSA) is 52.6 Å². The molecule has 0 spiro atoms. The standard InChI is InChI=1S/C14H20O4P2S4/c1-3-17-19(15)13(21)23-9-11-5-7-12(8-6-11)10-24-14(22)20(16)18-4-2/h5-8,19-20H,3-4,9-10H2,1-2H3. The average molecular weight is 443 g/mol. The van der Waals surface area contributed by atoms with E-state index in [4.69, 9.17) is 33.5 Å². The van der Waals surface area contributed by atoms with Crippen LogP contribution in [0.1, 0.15) is 25.0 Å². The lowest BCUT2D eigenvalue weighted by molar-refractivity contribution is 0.359. The van der Waals surface area contributed by atoms with Gasteiger partial charge in [-0.3, -0.25) is 9.13 Å². The highest BCUT2D eigenvalue weighted by molar-refractivity contribution is 8.33. The van der Waals surface area contributed by atoms with Gasteiger partial charge in [0.1, 0.15) is 7.88 Å². The molecule has 0 fully saturated rings. The van der Waals surface area contributed by atoms with Crippen molar-refractivity contribution in [3.05, 3.63) is 35.4 Å². The molecular weight excluding hydrogens is 422 g/mol. The first-order chi connectivity index (χ1) is 11.5. The van der Waals surface area contributed by atoms with Crippen molar-refractivity contribution >= 4 is 71.9 Å². The van der Waals surface area contributed by atoms with Gasteiger partial charge in [-0.15, -0.1) is 23.5 Å². The van der Waals surface area contributed by atoms with E-state index in [1.54, 1.807) is 13.8 Å². The molecule has 0 bridgehead atoms. The molecule has 0 aliphatic carbocycles. The Morgan fingerprint density at radius 1 is 0.875 bits per heavy atom. The SMILES string of the molecule is CCO[PH](=O)C(=S)SCc1ccc(CSC(=S)[PH](=O)OCC)cc1. The van der Waals surface area contributed by atoms with Crippen LogP contribution in [0.15, 0.2) is 24.3 Å². The number of thiocarbonyl (C=S) groups is 2. The first-order valence-corrected chi connectivity index (χ1v) is 12.7. The van der Waals surface area contributed by atoms with Crippen LogP contribution in [0.25, 0.3) is 0 Å². The van der Waals surface area contributed by atoms with E-state index in [1.165, 1.54) is 23.5 Å². The third-order valence-corrected chi connectivity index (χ3v) is 9.47. The molecule has 0 heterocycles. The number of hydrogen-bond acceptors (Lipinski definition) is 8. The molecule has 10 heteroatoms. The largest absolute Gasteiger partial charge is 0.327 e. The summed E-state index contributed by atoms with van der Waals surface area (Å²) in [5.74, 6) is 1.32. The maximum Gasteiger partial charge on any atom is 0.237 e. The van der Waals surface area contributed by atoms with E-state index in [9.17, 15) is 9.13 Å². The summed E-state index contributed by atoms with van der Waals surface area (Å²) in [7, 11) is -4.48. The lowest BCUT2D eigenvalue weighted by atomic mass is 10.2. The van der Waals surface area contributed by atoms with Crippen LogP contribution in [0.5, 0.6) is 0 Å². The molecule has 0 aliphatic heterocycles. The van der Waals surface area contributed by atoms with E-state index >= 15 is 0 Å². The quantitative estimate of drug-likeness (QED) is 0.336. The van der Waals surface area contributed by atoms with Crippen LogP contribution in [0.3, 0.4) is 0 Å². The summed E-state index contributed by atoms with van der Waals surface area (Å²) >= 11 is 12.9. The molecule has 0 radical (unpaired) electrons. The highest BCUT2D eigenvalue weighted by Crippen LogP contribution is 2.34. The summed E-state index contributed by atoms with van der Waals surface area (Å²) in [4.78, 5) is 0. The fraction of sp³-hybridized carbons (Fsp3) is 0.429. The van der Waals surface area contributed by atoms with Crippen molar-refractivity contribution in [3.63, 3.8) is 0 Å². The predicted molar refractivity (Wildman–Crippen MR) is 115 cm³/mol. The molecule has 2 atom stereocenters. The van der Waals surface area contributed by atoms with E-state index in [2.05, 4.69) is 0 Å². The van der Waals surface area contributed by atoms with Gasteiger partial charge in [-0.2, -0.15) is 0 Å². The van der Waals surface area contributed by atoms with Gasteiger partial charge < -0.3 is 9.05 Å². The Kier molecular flexibility index (Phi) is 12.0. The number of hydrogen-bond donors (Lipinski definition) is 0. The molecule has 0 saturated carbocycles. The molecule has 1 aromatic carbocycles. The van der Waals surface area contributed by atoms with Crippen LogP contribution in [0, 0.1) is 0 Å². The molecular formula is C14H20O4P2S4. The van der Waals surface area contributed by atoms with Gasteiger partial charge in [-0.05, 0) is 25.0 Å². The van der Waals surface area contributed by atoms with Gasteiger partial charge in [-0.25, -0.2) is 0 Å². The monoisotopic (exact) mass is 442 g/mol. The third-order valence-electron chi connectivity index (χ3n) is 2.65. The lowest BCUT2D eigenvalue weighted by Gasteiger charge is -2.06. The molecule has 0 aromatic heterocycles. The summed E-state index contributed by atoms with van der Waals surface area (Å²) < 4.78 is 34.2. The zero-order valence-corrected chi connectivity index (χ0v) is 18.7. The van der Waals surface area contributed by atoms with Crippen molar-refractivity contribution in [2.75, 3.05) is 13.2 Å². The Hall–Kier alpha value is 0.480. The molecule has 0 aliphatic rings. The van der Waals surface area contributed by atoms with E-state index in [-0.39, 0.29) is 0 Å². The average Bonchev–Trinajstić information content (AvgIpc) is 2.58. The van der Waals surface area contributed by atoms with Gasteiger partial charge in [0.2, 0.25) is 16.1 Å². The van der Waals surface area contributed by atoms with Gasteiger partial charge in [0.05, 0.1) is 13.2 Å². The van der Waals surface area contributed by atoms with Crippen molar-refractivity contribution in [2.45, 2.75) is 25.4 Å². The van der Waals surface area contributed by atoms with E-state index in [0.29, 0.717) is 32.6 Å². The van der Waals surface area contributed by atoms with Gasteiger partial charge in [0.15, 0.2) is 0 Å². The first-order valence-electron chi connectivity index (χ1n) is 7.23. The Balaban J connectivity index is 2.43. The smallest absolute Gasteiger partial charge is 0.237 e. The molecule has 4 nitrogen and oxygen atoms in total. The molecule has 0 saturated heterocycles. The van der Waals surface area contributed by atoms with Crippen LogP contribution in [0.2, 0.25) is 0 Å². The van der Waals surface area contributed by atoms with E-state index in [1.807, 2.05) is 24.3 Å². The molecule has 2 unspecified atom stereocenters. The second-order valence-corrected chi connectivity index (χ2v) is 11.9. The van der Waals surface area contributed by atoms with Crippen LogP contribution >= 0.6 is 64.0 Å². The minimum Gasteiger partial charge on any atom is -0.327 e. The van der Waals surface area contributed by atoms with Crippen molar-refractivity contribution in [1.29, 1.82) is 0 Å². The molecule has 0 amide bonds. The van der Waals surface area contributed by atoms with E-state index in [0.717, 1.165) is 11.1 Å². The third kappa shape index (κ3) is 8.72. The minimum atomic E-state index is -2.24. The van der Waals surface area contributed by atoms with Gasteiger partial charge in [-0.1, -0.05) is 48.7 Å². The highest BCUT2D eigenvalue weighted by atomic mass is 32.2. The van der Waals surface area contributed by atoms with Crippen molar-refractivity contribution in [3.8, 4) is 0 Å². The van der Waals surface area contributed by atoms with Crippen LogP contribution in [0.4, 0.5) is 0 Å². The molecule has 134 valence electrons. The summed E-state index contributed by atoms with van der Waals surface area (Å²) in [6.07, 6.45) is 0. The second-order valence-electron chi connectivity index (χ2n) is 4.41. The second kappa shape index (κ2) is 12.8. The predicted octanol–water partition coefficient (Wildman–Crippen LogP) is 5.75. The van der Waals surface area contributed by atoms with Crippen molar-refractivity contribution < 1.29 is 18.2 Å². The fourth-order valence-corrected chi connectivity index (χ4v) is 5.70. The maximum atomic E-state index is 11.6. The lowest BCUT2D eigenvalue weighted by Crippen LogP contribution is -1.90. The highest BCUT2D eigenvalue weighted by Gasteiger charge is 2.09.